The van der Waals surface area contributed by atoms with Crippen molar-refractivity contribution in [2.75, 3.05) is 0 Å². The van der Waals surface area contributed by atoms with E-state index in [1.54, 1.807) is 18.2 Å². The Morgan fingerprint density at radius 2 is 1.73 bits per heavy atom. The van der Waals surface area contributed by atoms with Crippen LogP contribution in [0.1, 0.15) is 11.1 Å². The van der Waals surface area contributed by atoms with E-state index in [9.17, 15) is 14.9 Å². The van der Waals surface area contributed by atoms with E-state index in [-0.39, 0.29) is 17.3 Å². The monoisotopic (exact) mass is 293 g/mol. The summed E-state index contributed by atoms with van der Waals surface area (Å²) >= 11 is 0. The topological polar surface area (TPSA) is 84.6 Å². The maximum atomic E-state index is 11.9. The van der Waals surface area contributed by atoms with Crippen LogP contribution in [0.25, 0.3) is 6.08 Å². The second-order valence-corrected chi connectivity index (χ2v) is 4.66. The van der Waals surface area contributed by atoms with Gasteiger partial charge in [-0.15, -0.1) is 0 Å². The normalized spacial score (nSPS) is 15.5. The molecule has 0 unspecified atom stereocenters. The van der Waals surface area contributed by atoms with E-state index in [0.29, 0.717) is 11.4 Å². The molecule has 2 aromatic carbocycles. The number of hydrogen-bond donors (Lipinski definition) is 1. The van der Waals surface area contributed by atoms with Crippen LogP contribution in [0.2, 0.25) is 0 Å². The molecule has 1 heterocycles. The van der Waals surface area contributed by atoms with Gasteiger partial charge < -0.3 is 5.32 Å². The fourth-order valence-corrected chi connectivity index (χ4v) is 2.05. The molecule has 0 atom stereocenters. The minimum absolute atomic E-state index is 0.00602. The summed E-state index contributed by atoms with van der Waals surface area (Å²) in [7, 11) is 0. The SMILES string of the molecule is O=C1NC(c2ccccc2)=N/C1=C/c1ccc([N+](=O)[O-])cc1. The van der Waals surface area contributed by atoms with Crippen molar-refractivity contribution in [3.8, 4) is 0 Å². The summed E-state index contributed by atoms with van der Waals surface area (Å²) in [6, 6.07) is 15.3. The minimum atomic E-state index is -0.467. The molecule has 108 valence electrons. The van der Waals surface area contributed by atoms with Gasteiger partial charge >= 0.3 is 0 Å². The molecule has 0 saturated heterocycles. The van der Waals surface area contributed by atoms with Crippen molar-refractivity contribution in [3.63, 3.8) is 0 Å². The third kappa shape index (κ3) is 2.76. The highest BCUT2D eigenvalue weighted by atomic mass is 16.6. The van der Waals surface area contributed by atoms with Crippen molar-refractivity contribution >= 4 is 23.5 Å². The summed E-state index contributed by atoms with van der Waals surface area (Å²) in [5.41, 5.74) is 1.77. The number of carbonyl (C=O) groups is 1. The number of hydrogen-bond acceptors (Lipinski definition) is 4. The van der Waals surface area contributed by atoms with Gasteiger partial charge in [0.1, 0.15) is 11.5 Å². The Bertz CT molecular complexity index is 793. The van der Waals surface area contributed by atoms with E-state index in [2.05, 4.69) is 10.3 Å². The van der Waals surface area contributed by atoms with Crippen molar-refractivity contribution in [2.24, 2.45) is 4.99 Å². The predicted octanol–water partition coefficient (Wildman–Crippen LogP) is 2.51. The smallest absolute Gasteiger partial charge is 0.275 e. The van der Waals surface area contributed by atoms with Crippen molar-refractivity contribution in [1.29, 1.82) is 0 Å². The van der Waals surface area contributed by atoms with Crippen LogP contribution < -0.4 is 5.32 Å². The fourth-order valence-electron chi connectivity index (χ4n) is 2.05. The van der Waals surface area contributed by atoms with Gasteiger partial charge in [-0.2, -0.15) is 0 Å². The van der Waals surface area contributed by atoms with Gasteiger partial charge in [-0.25, -0.2) is 4.99 Å². The third-order valence-corrected chi connectivity index (χ3v) is 3.15. The zero-order valence-corrected chi connectivity index (χ0v) is 11.4. The molecule has 1 aliphatic rings. The highest BCUT2D eigenvalue weighted by molar-refractivity contribution is 6.19. The lowest BCUT2D eigenvalue weighted by Gasteiger charge is -1.98. The van der Waals surface area contributed by atoms with Crippen molar-refractivity contribution in [3.05, 3.63) is 81.5 Å². The molecule has 1 amide bonds. The lowest BCUT2D eigenvalue weighted by molar-refractivity contribution is -0.384. The number of non-ortho nitro benzene ring substituents is 1. The first kappa shape index (κ1) is 13.7. The summed E-state index contributed by atoms with van der Waals surface area (Å²) < 4.78 is 0. The van der Waals surface area contributed by atoms with Crippen LogP contribution in [0.4, 0.5) is 5.69 Å². The molecule has 2 aromatic rings. The molecule has 0 aromatic heterocycles. The lowest BCUT2D eigenvalue weighted by Crippen LogP contribution is -2.24. The maximum Gasteiger partial charge on any atom is 0.275 e. The van der Waals surface area contributed by atoms with Crippen LogP contribution >= 0.6 is 0 Å². The average Bonchev–Trinajstić information content (AvgIpc) is 2.90. The largest absolute Gasteiger partial charge is 0.305 e. The van der Waals surface area contributed by atoms with Crippen LogP contribution in [-0.2, 0) is 4.79 Å². The van der Waals surface area contributed by atoms with E-state index < -0.39 is 4.92 Å². The average molecular weight is 293 g/mol. The number of nitrogens with zero attached hydrogens (tertiary/aromatic N) is 2. The van der Waals surface area contributed by atoms with Crippen LogP contribution in [0, 0.1) is 10.1 Å². The predicted molar refractivity (Wildman–Crippen MR) is 82.2 cm³/mol. The summed E-state index contributed by atoms with van der Waals surface area (Å²) in [6.07, 6.45) is 1.59. The summed E-state index contributed by atoms with van der Waals surface area (Å²) in [4.78, 5) is 26.4. The standard InChI is InChI=1S/C16H11N3O3/c20-16-14(10-11-6-8-13(9-7-11)19(21)22)17-15(18-16)12-4-2-1-3-5-12/h1-10H,(H,17,18,20)/b14-10+. The van der Waals surface area contributed by atoms with Gasteiger partial charge in [0.25, 0.3) is 11.6 Å². The van der Waals surface area contributed by atoms with Gasteiger partial charge in [-0.3, -0.25) is 14.9 Å². The molecule has 0 bridgehead atoms. The van der Waals surface area contributed by atoms with Crippen LogP contribution in [0.15, 0.2) is 65.3 Å². The third-order valence-electron chi connectivity index (χ3n) is 3.15. The van der Waals surface area contributed by atoms with E-state index in [1.807, 2.05) is 30.3 Å². The molecule has 6 heteroatoms. The Kier molecular flexibility index (Phi) is 3.49. The highest BCUT2D eigenvalue weighted by Crippen LogP contribution is 2.17. The van der Waals surface area contributed by atoms with E-state index in [1.165, 1.54) is 12.1 Å². The lowest BCUT2D eigenvalue weighted by atomic mass is 10.2. The first-order chi connectivity index (χ1) is 10.6. The highest BCUT2D eigenvalue weighted by Gasteiger charge is 2.20. The number of benzene rings is 2. The molecule has 0 fully saturated rings. The molecule has 0 saturated carbocycles. The molecule has 0 spiro atoms. The van der Waals surface area contributed by atoms with Crippen molar-refractivity contribution in [1.82, 2.24) is 5.32 Å². The second kappa shape index (κ2) is 5.61. The van der Waals surface area contributed by atoms with Crippen LogP contribution in [0.3, 0.4) is 0 Å². The molecule has 0 radical (unpaired) electrons. The molecule has 3 rings (SSSR count). The molecular weight excluding hydrogens is 282 g/mol. The van der Waals surface area contributed by atoms with E-state index in [0.717, 1.165) is 5.56 Å². The Morgan fingerprint density at radius 3 is 2.36 bits per heavy atom. The molecule has 1 aliphatic heterocycles. The number of nitro groups is 1. The van der Waals surface area contributed by atoms with Crippen LogP contribution in [-0.4, -0.2) is 16.7 Å². The van der Waals surface area contributed by atoms with E-state index in [4.69, 9.17) is 0 Å². The summed E-state index contributed by atoms with van der Waals surface area (Å²) in [6.45, 7) is 0. The van der Waals surface area contributed by atoms with Gasteiger partial charge in [-0.05, 0) is 23.8 Å². The molecular formula is C16H11N3O3. The Morgan fingerprint density at radius 1 is 1.05 bits per heavy atom. The fraction of sp³-hybridized carbons (Fsp3) is 0. The zero-order chi connectivity index (χ0) is 15.5. The number of nitro benzene ring substituents is 1. The van der Waals surface area contributed by atoms with E-state index >= 15 is 0 Å². The number of rotatable bonds is 3. The zero-order valence-electron chi connectivity index (χ0n) is 11.4. The summed E-state index contributed by atoms with van der Waals surface area (Å²) in [5, 5.41) is 13.3. The van der Waals surface area contributed by atoms with Crippen molar-refractivity contribution < 1.29 is 9.72 Å². The van der Waals surface area contributed by atoms with Gasteiger partial charge in [0.2, 0.25) is 0 Å². The number of aliphatic imine (C=N–C) groups is 1. The van der Waals surface area contributed by atoms with Gasteiger partial charge in [0.15, 0.2) is 0 Å². The number of amides is 1. The molecule has 6 nitrogen and oxygen atoms in total. The molecule has 0 aliphatic carbocycles. The molecule has 1 N–H and O–H groups in total. The Labute approximate surface area is 126 Å². The summed E-state index contributed by atoms with van der Waals surface area (Å²) in [5.74, 6) is 0.205. The first-order valence-corrected chi connectivity index (χ1v) is 6.55. The maximum absolute atomic E-state index is 11.9. The minimum Gasteiger partial charge on any atom is -0.305 e. The number of nitrogens with one attached hydrogen (secondary N) is 1. The first-order valence-electron chi connectivity index (χ1n) is 6.55. The van der Waals surface area contributed by atoms with Crippen LogP contribution in [0.5, 0.6) is 0 Å². The van der Waals surface area contributed by atoms with Crippen molar-refractivity contribution in [2.45, 2.75) is 0 Å². The molecule has 22 heavy (non-hydrogen) atoms. The number of carbonyl (C=O) groups excluding carboxylic acids is 1. The van der Waals surface area contributed by atoms with Gasteiger partial charge in [-0.1, -0.05) is 30.3 Å². The second-order valence-electron chi connectivity index (χ2n) is 4.66. The Balaban J connectivity index is 1.89. The van der Waals surface area contributed by atoms with Gasteiger partial charge in [0, 0.05) is 17.7 Å². The quantitative estimate of drug-likeness (QED) is 0.536. The Hall–Kier alpha value is -3.28. The number of amidine groups is 1. The van der Waals surface area contributed by atoms with Gasteiger partial charge in [0.05, 0.1) is 4.92 Å².